The van der Waals surface area contributed by atoms with E-state index in [4.69, 9.17) is 0 Å². The largest absolute Gasteiger partial charge is 0.342 e. The van der Waals surface area contributed by atoms with Crippen LogP contribution >= 0.6 is 11.8 Å². The number of amides is 3. The summed E-state index contributed by atoms with van der Waals surface area (Å²) in [6.07, 6.45) is 6.57. The number of imide groups is 1. The van der Waals surface area contributed by atoms with Gasteiger partial charge in [-0.1, -0.05) is 30.3 Å². The number of nitro benzene ring substituents is 1. The van der Waals surface area contributed by atoms with Crippen molar-refractivity contribution in [3.63, 3.8) is 0 Å². The van der Waals surface area contributed by atoms with Gasteiger partial charge in [0.05, 0.1) is 9.83 Å². The number of nitro groups is 1. The molecule has 2 saturated heterocycles. The Bertz CT molecular complexity index is 1390. The van der Waals surface area contributed by atoms with Gasteiger partial charge in [0.25, 0.3) is 16.8 Å². The molecular weight excluding hydrogens is 480 g/mol. The molecule has 0 bridgehead atoms. The lowest BCUT2D eigenvalue weighted by Gasteiger charge is -2.27. The van der Waals surface area contributed by atoms with E-state index >= 15 is 0 Å². The lowest BCUT2D eigenvalue weighted by atomic mass is 10.1. The van der Waals surface area contributed by atoms with Crippen LogP contribution in [0.5, 0.6) is 0 Å². The van der Waals surface area contributed by atoms with Gasteiger partial charge >= 0.3 is 0 Å². The number of hydrogen-bond donors (Lipinski definition) is 0. The van der Waals surface area contributed by atoms with Gasteiger partial charge in [0, 0.05) is 54.4 Å². The number of nitrogens with zero attached hydrogens (tertiary/aromatic N) is 4. The van der Waals surface area contributed by atoms with Crippen LogP contribution in [0.4, 0.5) is 10.5 Å². The van der Waals surface area contributed by atoms with Crippen LogP contribution < -0.4 is 0 Å². The summed E-state index contributed by atoms with van der Waals surface area (Å²) in [5.41, 5.74) is 2.64. The Balaban J connectivity index is 1.38. The van der Waals surface area contributed by atoms with Crippen molar-refractivity contribution >= 4 is 51.5 Å². The van der Waals surface area contributed by atoms with Crippen molar-refractivity contribution in [2.75, 3.05) is 19.6 Å². The van der Waals surface area contributed by atoms with Crippen LogP contribution in [0.25, 0.3) is 17.0 Å². The molecule has 9 nitrogen and oxygen atoms in total. The number of piperidine rings is 1. The third-order valence-corrected chi connectivity index (χ3v) is 7.39. The van der Waals surface area contributed by atoms with Crippen LogP contribution in [0.3, 0.4) is 0 Å². The van der Waals surface area contributed by atoms with Gasteiger partial charge < -0.3 is 9.47 Å². The first kappa shape index (κ1) is 23.8. The zero-order valence-corrected chi connectivity index (χ0v) is 20.3. The standard InChI is InChI=1S/C26H24N4O5S/c31-24(27-12-4-1-5-13-27)17-29-25(32)23(36-26(29)33)14-19-16-28(22-7-3-2-6-21(19)22)15-18-8-10-20(11-9-18)30(34)35/h2-3,6-11,14,16H,1,4-5,12-13,15,17H2/b23-14-. The molecule has 5 rings (SSSR count). The smallest absolute Gasteiger partial charge is 0.294 e. The number of benzene rings is 2. The maximum Gasteiger partial charge on any atom is 0.294 e. The molecule has 184 valence electrons. The zero-order chi connectivity index (χ0) is 25.2. The van der Waals surface area contributed by atoms with E-state index in [2.05, 4.69) is 0 Å². The van der Waals surface area contributed by atoms with Crippen molar-refractivity contribution in [2.45, 2.75) is 25.8 Å². The molecule has 3 aromatic rings. The summed E-state index contributed by atoms with van der Waals surface area (Å²) < 4.78 is 2.01. The number of hydrogen-bond acceptors (Lipinski definition) is 6. The minimum atomic E-state index is -0.456. The highest BCUT2D eigenvalue weighted by Gasteiger charge is 2.37. The Morgan fingerprint density at radius 3 is 2.47 bits per heavy atom. The fourth-order valence-electron chi connectivity index (χ4n) is 4.60. The van der Waals surface area contributed by atoms with Gasteiger partial charge in [-0.25, -0.2) is 0 Å². The van der Waals surface area contributed by atoms with E-state index in [0.717, 1.165) is 58.0 Å². The molecule has 10 heteroatoms. The van der Waals surface area contributed by atoms with Crippen LogP contribution in [0.1, 0.15) is 30.4 Å². The molecule has 0 N–H and O–H groups in total. The van der Waals surface area contributed by atoms with Gasteiger partial charge in [0.1, 0.15) is 6.54 Å². The number of fused-ring (bicyclic) bond motifs is 1. The predicted molar refractivity (Wildman–Crippen MR) is 137 cm³/mol. The molecule has 0 radical (unpaired) electrons. The summed E-state index contributed by atoms with van der Waals surface area (Å²) in [5, 5.41) is 11.4. The molecule has 1 aromatic heterocycles. The Morgan fingerprint density at radius 1 is 1.03 bits per heavy atom. The van der Waals surface area contributed by atoms with Crippen molar-refractivity contribution in [2.24, 2.45) is 0 Å². The predicted octanol–water partition coefficient (Wildman–Crippen LogP) is 4.65. The maximum atomic E-state index is 13.0. The highest BCUT2D eigenvalue weighted by atomic mass is 32.2. The van der Waals surface area contributed by atoms with Gasteiger partial charge in [-0.3, -0.25) is 29.4 Å². The summed E-state index contributed by atoms with van der Waals surface area (Å²) in [5.74, 6) is -0.652. The number of para-hydroxylation sites is 1. The lowest BCUT2D eigenvalue weighted by molar-refractivity contribution is -0.384. The van der Waals surface area contributed by atoms with Gasteiger partial charge in [-0.2, -0.15) is 0 Å². The van der Waals surface area contributed by atoms with E-state index in [1.54, 1.807) is 23.1 Å². The van der Waals surface area contributed by atoms with Gasteiger partial charge in [0.2, 0.25) is 5.91 Å². The second-order valence-corrected chi connectivity index (χ2v) is 9.86. The molecule has 2 aliphatic heterocycles. The summed E-state index contributed by atoms with van der Waals surface area (Å²) in [4.78, 5) is 51.8. The van der Waals surface area contributed by atoms with Crippen LogP contribution in [0.15, 0.2) is 59.6 Å². The Hall–Kier alpha value is -3.92. The number of carbonyl (C=O) groups excluding carboxylic acids is 3. The van der Waals surface area contributed by atoms with Gasteiger partial charge in [-0.15, -0.1) is 0 Å². The highest BCUT2D eigenvalue weighted by Crippen LogP contribution is 2.34. The second kappa shape index (κ2) is 9.98. The van der Waals surface area contributed by atoms with E-state index in [0.29, 0.717) is 19.6 Å². The highest BCUT2D eigenvalue weighted by molar-refractivity contribution is 8.18. The van der Waals surface area contributed by atoms with Crippen molar-refractivity contribution in [3.05, 3.63) is 80.9 Å². The molecule has 0 atom stereocenters. The number of non-ortho nitro benzene ring substituents is 1. The number of likely N-dealkylation sites (tertiary alicyclic amines) is 1. The van der Waals surface area contributed by atoms with E-state index in [1.807, 2.05) is 35.0 Å². The van der Waals surface area contributed by atoms with Gasteiger partial charge in [-0.05, 0) is 48.7 Å². The first-order valence-electron chi connectivity index (χ1n) is 11.7. The van der Waals surface area contributed by atoms with Crippen LogP contribution in [0.2, 0.25) is 0 Å². The third-order valence-electron chi connectivity index (χ3n) is 6.48. The molecular formula is C26H24N4O5S. The fourth-order valence-corrected chi connectivity index (χ4v) is 5.43. The van der Waals surface area contributed by atoms with E-state index < -0.39 is 16.1 Å². The molecule has 0 spiro atoms. The van der Waals surface area contributed by atoms with Crippen molar-refractivity contribution < 1.29 is 19.3 Å². The average Bonchev–Trinajstić information content (AvgIpc) is 3.36. The first-order chi connectivity index (χ1) is 17.4. The monoisotopic (exact) mass is 504 g/mol. The Labute approximate surface area is 211 Å². The maximum absolute atomic E-state index is 13.0. The number of aromatic nitrogens is 1. The SMILES string of the molecule is O=C(CN1C(=O)S/C(=C\c2cn(Cc3ccc([N+](=O)[O-])cc3)c3ccccc23)C1=O)N1CCCCC1. The lowest BCUT2D eigenvalue weighted by Crippen LogP contribution is -2.44. The number of thioether (sulfide) groups is 1. The van der Waals surface area contributed by atoms with E-state index in [9.17, 15) is 24.5 Å². The van der Waals surface area contributed by atoms with E-state index in [1.165, 1.54) is 12.1 Å². The van der Waals surface area contributed by atoms with Gasteiger partial charge in [0.15, 0.2) is 0 Å². The molecule has 2 aromatic carbocycles. The fraction of sp³-hybridized carbons (Fsp3) is 0.269. The van der Waals surface area contributed by atoms with Crippen LogP contribution in [-0.2, 0) is 16.1 Å². The topological polar surface area (TPSA) is 106 Å². The second-order valence-electron chi connectivity index (χ2n) is 8.86. The molecule has 2 aliphatic rings. The number of rotatable bonds is 6. The summed E-state index contributed by atoms with van der Waals surface area (Å²) in [7, 11) is 0. The Morgan fingerprint density at radius 2 is 1.75 bits per heavy atom. The third kappa shape index (κ3) is 4.76. The first-order valence-corrected chi connectivity index (χ1v) is 12.6. The van der Waals surface area contributed by atoms with Crippen molar-refractivity contribution in [1.82, 2.24) is 14.4 Å². The summed E-state index contributed by atoms with van der Waals surface area (Å²) >= 11 is 0.846. The molecule has 3 heterocycles. The molecule has 2 fully saturated rings. The molecule has 0 aliphatic carbocycles. The van der Waals surface area contributed by atoms with Crippen LogP contribution in [-0.4, -0.2) is 56.0 Å². The summed E-state index contributed by atoms with van der Waals surface area (Å²) in [6.45, 7) is 1.58. The average molecular weight is 505 g/mol. The Kier molecular flexibility index (Phi) is 6.60. The normalized spacial score (nSPS) is 17.4. The van der Waals surface area contributed by atoms with E-state index in [-0.39, 0.29) is 23.0 Å². The molecule has 3 amide bonds. The van der Waals surface area contributed by atoms with Crippen LogP contribution in [0, 0.1) is 10.1 Å². The van der Waals surface area contributed by atoms with Crippen molar-refractivity contribution in [1.29, 1.82) is 0 Å². The molecule has 0 saturated carbocycles. The zero-order valence-electron chi connectivity index (χ0n) is 19.5. The minimum Gasteiger partial charge on any atom is -0.342 e. The molecule has 36 heavy (non-hydrogen) atoms. The minimum absolute atomic E-state index is 0.0336. The molecule has 0 unspecified atom stereocenters. The summed E-state index contributed by atoms with van der Waals surface area (Å²) in [6, 6.07) is 14.1. The number of carbonyl (C=O) groups is 3. The van der Waals surface area contributed by atoms with Crippen molar-refractivity contribution in [3.8, 4) is 0 Å². The quantitative estimate of drug-likeness (QED) is 0.275.